The first-order valence-corrected chi connectivity index (χ1v) is 9.56. The second-order valence-electron chi connectivity index (χ2n) is 7.55. The van der Waals surface area contributed by atoms with Crippen LogP contribution in [0.1, 0.15) is 22.5 Å². The van der Waals surface area contributed by atoms with Gasteiger partial charge in [0, 0.05) is 12.6 Å². The molecule has 1 atom stereocenters. The number of fused-ring (bicyclic) bond motifs is 8. The second kappa shape index (κ2) is 5.45. The highest BCUT2D eigenvalue weighted by molar-refractivity contribution is 5.89. The van der Waals surface area contributed by atoms with Crippen LogP contribution in [0.2, 0.25) is 0 Å². The van der Waals surface area contributed by atoms with Crippen molar-refractivity contribution in [3.8, 4) is 23.2 Å². The molecule has 30 heavy (non-hydrogen) atoms. The van der Waals surface area contributed by atoms with Crippen molar-refractivity contribution < 1.29 is 4.74 Å². The summed E-state index contributed by atoms with van der Waals surface area (Å²) in [7, 11) is 1.80. The van der Waals surface area contributed by atoms with Crippen LogP contribution in [0.4, 0.5) is 0 Å². The predicted octanol–water partition coefficient (Wildman–Crippen LogP) is 3.07. The minimum absolute atomic E-state index is 0.0608. The molecule has 0 amide bonds. The molecule has 0 bridgehead atoms. The van der Waals surface area contributed by atoms with E-state index in [2.05, 4.69) is 11.2 Å². The molecule has 1 spiro atoms. The quantitative estimate of drug-likeness (QED) is 0.493. The Balaban J connectivity index is 1.88. The van der Waals surface area contributed by atoms with E-state index in [1.54, 1.807) is 11.7 Å². The van der Waals surface area contributed by atoms with Crippen LogP contribution in [0.15, 0.2) is 60.0 Å². The summed E-state index contributed by atoms with van der Waals surface area (Å²) in [6, 6.07) is 18.0. The van der Waals surface area contributed by atoms with Gasteiger partial charge in [0.2, 0.25) is 11.8 Å². The van der Waals surface area contributed by atoms with Crippen molar-refractivity contribution in [2.24, 2.45) is 12.8 Å². The molecule has 4 aromatic rings. The van der Waals surface area contributed by atoms with Crippen LogP contribution >= 0.6 is 0 Å². The lowest BCUT2D eigenvalue weighted by atomic mass is 9.68. The van der Waals surface area contributed by atoms with Crippen LogP contribution in [0, 0.1) is 18.3 Å². The number of nitriles is 1. The van der Waals surface area contributed by atoms with Gasteiger partial charge in [-0.25, -0.2) is 14.6 Å². The van der Waals surface area contributed by atoms with Gasteiger partial charge in [0.05, 0.1) is 33.7 Å². The lowest BCUT2D eigenvalue weighted by Gasteiger charge is -2.34. The summed E-state index contributed by atoms with van der Waals surface area (Å²) in [5.74, 6) is 0.576. The Morgan fingerprint density at radius 1 is 1.07 bits per heavy atom. The molecule has 1 unspecified atom stereocenters. The minimum Gasteiger partial charge on any atom is -0.422 e. The van der Waals surface area contributed by atoms with E-state index in [0.29, 0.717) is 17.1 Å². The van der Waals surface area contributed by atoms with E-state index >= 15 is 0 Å². The average molecular weight is 392 g/mol. The maximum Gasteiger partial charge on any atom is 0.224 e. The van der Waals surface area contributed by atoms with Gasteiger partial charge >= 0.3 is 0 Å². The van der Waals surface area contributed by atoms with E-state index in [9.17, 15) is 5.26 Å². The molecule has 2 aliphatic rings. The summed E-state index contributed by atoms with van der Waals surface area (Å²) in [4.78, 5) is 9.98. The van der Waals surface area contributed by atoms with Crippen LogP contribution in [-0.2, 0) is 12.5 Å². The Morgan fingerprint density at radius 2 is 1.77 bits per heavy atom. The number of para-hydroxylation sites is 2. The van der Waals surface area contributed by atoms with Crippen LogP contribution < -0.4 is 10.5 Å². The van der Waals surface area contributed by atoms with Crippen molar-refractivity contribution >= 4 is 11.0 Å². The van der Waals surface area contributed by atoms with Gasteiger partial charge < -0.3 is 10.5 Å². The van der Waals surface area contributed by atoms with Crippen molar-refractivity contribution in [2.45, 2.75) is 12.3 Å². The van der Waals surface area contributed by atoms with Gasteiger partial charge in [-0.3, -0.25) is 0 Å². The number of rotatable bonds is 0. The minimum atomic E-state index is -1.02. The third-order valence-electron chi connectivity index (χ3n) is 6.00. The summed E-state index contributed by atoms with van der Waals surface area (Å²) >= 11 is 0. The summed E-state index contributed by atoms with van der Waals surface area (Å²) in [6.07, 6.45) is 0. The van der Waals surface area contributed by atoms with Crippen molar-refractivity contribution in [3.63, 3.8) is 0 Å². The molecule has 2 aromatic heterocycles. The molecule has 0 saturated heterocycles. The predicted molar refractivity (Wildman–Crippen MR) is 110 cm³/mol. The highest BCUT2D eigenvalue weighted by Crippen LogP contribution is 2.59. The van der Waals surface area contributed by atoms with Gasteiger partial charge in [-0.2, -0.15) is 10.4 Å². The molecular formula is C23H16N6O. The first-order chi connectivity index (χ1) is 14.6. The fraction of sp³-hybridized carbons (Fsp3) is 0.130. The van der Waals surface area contributed by atoms with Crippen molar-refractivity contribution in [2.75, 3.05) is 0 Å². The van der Waals surface area contributed by atoms with E-state index in [1.807, 2.05) is 55.5 Å². The van der Waals surface area contributed by atoms with Crippen molar-refractivity contribution in [1.29, 1.82) is 5.26 Å². The topological polar surface area (TPSA) is 103 Å². The molecule has 7 nitrogen and oxygen atoms in total. The average Bonchev–Trinajstić information content (AvgIpc) is 3.19. The fourth-order valence-corrected chi connectivity index (χ4v) is 4.89. The van der Waals surface area contributed by atoms with Gasteiger partial charge in [-0.15, -0.1) is 0 Å². The third kappa shape index (κ3) is 1.77. The Labute approximate surface area is 172 Å². The van der Waals surface area contributed by atoms with E-state index in [0.717, 1.165) is 39.1 Å². The summed E-state index contributed by atoms with van der Waals surface area (Å²) in [5, 5.41) is 14.8. The monoisotopic (exact) mass is 392 g/mol. The van der Waals surface area contributed by atoms with Crippen LogP contribution in [0.3, 0.4) is 0 Å². The number of nitrogens with zero attached hydrogens (tertiary/aromatic N) is 5. The number of allylic oxidation sites excluding steroid dienone is 1. The molecule has 3 heterocycles. The molecule has 7 heteroatoms. The molecule has 0 radical (unpaired) electrons. The van der Waals surface area contributed by atoms with E-state index < -0.39 is 5.41 Å². The lowest BCUT2D eigenvalue weighted by molar-refractivity contribution is 0.347. The van der Waals surface area contributed by atoms with Gasteiger partial charge in [-0.05, 0) is 24.6 Å². The molecule has 1 aliphatic carbocycles. The van der Waals surface area contributed by atoms with Crippen molar-refractivity contribution in [1.82, 2.24) is 19.7 Å². The molecule has 6 rings (SSSR count). The van der Waals surface area contributed by atoms with Crippen LogP contribution in [0.5, 0.6) is 5.88 Å². The summed E-state index contributed by atoms with van der Waals surface area (Å²) in [6.45, 7) is 1.91. The first kappa shape index (κ1) is 16.7. The normalized spacial score (nSPS) is 18.7. The molecule has 0 fully saturated rings. The number of ether oxygens (including phenoxy) is 1. The van der Waals surface area contributed by atoms with Gasteiger partial charge in [0.1, 0.15) is 17.1 Å². The van der Waals surface area contributed by atoms with Gasteiger partial charge in [-0.1, -0.05) is 36.4 Å². The Hall–Kier alpha value is -4.18. The molecule has 2 aromatic carbocycles. The summed E-state index contributed by atoms with van der Waals surface area (Å²) < 4.78 is 7.53. The van der Waals surface area contributed by atoms with Gasteiger partial charge in [0.25, 0.3) is 0 Å². The van der Waals surface area contributed by atoms with E-state index in [1.165, 1.54) is 0 Å². The second-order valence-corrected chi connectivity index (χ2v) is 7.55. The van der Waals surface area contributed by atoms with E-state index in [4.69, 9.17) is 20.4 Å². The Kier molecular flexibility index (Phi) is 3.04. The Morgan fingerprint density at radius 3 is 2.53 bits per heavy atom. The SMILES string of the molecule is Cc1nn(C)c2c1C1(C(C#N)=C(N)O2)c2ccccc2-c2nc3ccccc3nc21. The van der Waals surface area contributed by atoms with Crippen molar-refractivity contribution in [3.05, 3.63) is 82.5 Å². The molecule has 2 N–H and O–H groups in total. The fourth-order valence-electron chi connectivity index (χ4n) is 4.89. The number of aromatic nitrogens is 4. The molecular weight excluding hydrogens is 376 g/mol. The van der Waals surface area contributed by atoms with Crippen LogP contribution in [0.25, 0.3) is 22.3 Å². The van der Waals surface area contributed by atoms with E-state index in [-0.39, 0.29) is 5.88 Å². The first-order valence-electron chi connectivity index (χ1n) is 9.56. The smallest absolute Gasteiger partial charge is 0.224 e. The number of hydrogen-bond donors (Lipinski definition) is 1. The number of hydrogen-bond acceptors (Lipinski definition) is 6. The highest BCUT2D eigenvalue weighted by atomic mass is 16.5. The zero-order chi connectivity index (χ0) is 20.6. The molecule has 144 valence electrons. The lowest BCUT2D eigenvalue weighted by Crippen LogP contribution is -2.37. The number of aryl methyl sites for hydroxylation is 2. The largest absolute Gasteiger partial charge is 0.422 e. The van der Waals surface area contributed by atoms with Crippen LogP contribution in [-0.4, -0.2) is 19.7 Å². The maximum atomic E-state index is 10.2. The number of nitrogens with two attached hydrogens (primary N) is 1. The highest BCUT2D eigenvalue weighted by Gasteiger charge is 2.57. The Bertz CT molecular complexity index is 1480. The maximum absolute atomic E-state index is 10.2. The molecule has 0 saturated carbocycles. The third-order valence-corrected chi connectivity index (χ3v) is 6.00. The van der Waals surface area contributed by atoms with Gasteiger partial charge in [0.15, 0.2) is 0 Å². The standard InChI is InChI=1S/C23H16N6O/c1-12-18-22(29(2)28-12)30-21(25)15(11-24)23(18)14-8-4-3-7-13(14)19-20(23)27-17-10-6-5-9-16(17)26-19/h3-10H,25H2,1-2H3. The summed E-state index contributed by atoms with van der Waals surface area (Å²) in [5.41, 5.74) is 12.0. The zero-order valence-electron chi connectivity index (χ0n) is 16.3. The number of benzene rings is 2. The molecule has 1 aliphatic heterocycles. The zero-order valence-corrected chi connectivity index (χ0v) is 16.3.